The fourth-order valence-electron chi connectivity index (χ4n) is 2.21. The van der Waals surface area contributed by atoms with Crippen LogP contribution in [0, 0.1) is 6.92 Å². The average Bonchev–Trinajstić information content (AvgIpc) is 2.55. The van der Waals surface area contributed by atoms with E-state index < -0.39 is 16.0 Å². The Morgan fingerprint density at radius 1 is 1.16 bits per heavy atom. The number of ether oxygens (including phenoxy) is 2. The second-order valence-electron chi connectivity index (χ2n) is 5.05. The van der Waals surface area contributed by atoms with E-state index in [0.717, 1.165) is 0 Å². The molecule has 2 N–H and O–H groups in total. The van der Waals surface area contributed by atoms with Gasteiger partial charge in [0.2, 0.25) is 0 Å². The predicted octanol–water partition coefficient (Wildman–Crippen LogP) is 3.16. The number of anilines is 1. The van der Waals surface area contributed by atoms with Gasteiger partial charge in [-0.25, -0.2) is 13.2 Å². The SMILES string of the molecule is COc1cc(Cl)c(S(=O)(=O)Nc2c(C)cccc2C(=O)O)cc1OC. The van der Waals surface area contributed by atoms with Crippen LogP contribution in [-0.4, -0.2) is 33.7 Å². The van der Waals surface area contributed by atoms with Crippen molar-refractivity contribution >= 4 is 33.3 Å². The number of carbonyl (C=O) groups is 1. The minimum atomic E-state index is -4.16. The highest BCUT2D eigenvalue weighted by Gasteiger charge is 2.24. The van der Waals surface area contributed by atoms with Crippen LogP contribution in [0.25, 0.3) is 0 Å². The fourth-order valence-corrected chi connectivity index (χ4v) is 3.90. The summed E-state index contributed by atoms with van der Waals surface area (Å²) in [6.07, 6.45) is 0. The third kappa shape index (κ3) is 3.80. The summed E-state index contributed by atoms with van der Waals surface area (Å²) in [6.45, 7) is 1.60. The number of methoxy groups -OCH3 is 2. The van der Waals surface area contributed by atoms with E-state index in [0.29, 0.717) is 5.56 Å². The molecule has 0 aliphatic carbocycles. The van der Waals surface area contributed by atoms with Crippen molar-refractivity contribution in [2.24, 2.45) is 0 Å². The van der Waals surface area contributed by atoms with Gasteiger partial charge in [-0.05, 0) is 18.6 Å². The number of hydrogen-bond donors (Lipinski definition) is 2. The molecular formula is C16H16ClNO6S. The van der Waals surface area contributed by atoms with Gasteiger partial charge in [0.05, 0.1) is 30.5 Å². The average molecular weight is 386 g/mol. The van der Waals surface area contributed by atoms with Crippen molar-refractivity contribution in [3.63, 3.8) is 0 Å². The topological polar surface area (TPSA) is 102 Å². The summed E-state index contributed by atoms with van der Waals surface area (Å²) in [5, 5.41) is 9.18. The van der Waals surface area contributed by atoms with E-state index in [4.69, 9.17) is 21.1 Å². The van der Waals surface area contributed by atoms with E-state index >= 15 is 0 Å². The number of sulfonamides is 1. The van der Waals surface area contributed by atoms with E-state index in [1.165, 1.54) is 38.5 Å². The molecule has 0 fully saturated rings. The van der Waals surface area contributed by atoms with Crippen LogP contribution >= 0.6 is 11.6 Å². The van der Waals surface area contributed by atoms with Crippen LogP contribution in [0.2, 0.25) is 5.02 Å². The molecule has 0 aliphatic rings. The molecule has 0 bridgehead atoms. The second kappa shape index (κ2) is 7.20. The van der Waals surface area contributed by atoms with Gasteiger partial charge in [-0.1, -0.05) is 23.7 Å². The zero-order valence-electron chi connectivity index (χ0n) is 13.7. The Bertz CT molecular complexity index is 926. The number of nitrogens with one attached hydrogen (secondary N) is 1. The normalized spacial score (nSPS) is 11.0. The summed E-state index contributed by atoms with van der Waals surface area (Å²) in [4.78, 5) is 11.1. The highest BCUT2D eigenvalue weighted by atomic mass is 35.5. The van der Waals surface area contributed by atoms with Gasteiger partial charge in [-0.2, -0.15) is 0 Å². The molecule has 0 aromatic heterocycles. The van der Waals surface area contributed by atoms with Crippen molar-refractivity contribution in [3.8, 4) is 11.5 Å². The number of hydrogen-bond acceptors (Lipinski definition) is 5. The third-order valence-corrected chi connectivity index (χ3v) is 5.28. The van der Waals surface area contributed by atoms with E-state index in [1.807, 2.05) is 0 Å². The molecule has 25 heavy (non-hydrogen) atoms. The van der Waals surface area contributed by atoms with Gasteiger partial charge in [0.15, 0.2) is 11.5 Å². The van der Waals surface area contributed by atoms with Crippen molar-refractivity contribution in [2.75, 3.05) is 18.9 Å². The number of para-hydroxylation sites is 1. The Morgan fingerprint density at radius 3 is 2.32 bits per heavy atom. The quantitative estimate of drug-likeness (QED) is 0.791. The number of rotatable bonds is 6. The van der Waals surface area contributed by atoms with Crippen molar-refractivity contribution in [3.05, 3.63) is 46.5 Å². The smallest absolute Gasteiger partial charge is 0.337 e. The lowest BCUT2D eigenvalue weighted by atomic mass is 10.1. The maximum Gasteiger partial charge on any atom is 0.337 e. The summed E-state index contributed by atoms with van der Waals surface area (Å²) in [7, 11) is -1.40. The van der Waals surface area contributed by atoms with Gasteiger partial charge < -0.3 is 14.6 Å². The van der Waals surface area contributed by atoms with Gasteiger partial charge in [-0.3, -0.25) is 4.72 Å². The third-order valence-electron chi connectivity index (χ3n) is 3.47. The van der Waals surface area contributed by atoms with E-state index in [2.05, 4.69) is 4.72 Å². The van der Waals surface area contributed by atoms with E-state index in [9.17, 15) is 18.3 Å². The zero-order valence-corrected chi connectivity index (χ0v) is 15.2. The Labute approximate surface area is 150 Å². The molecule has 7 nitrogen and oxygen atoms in total. The van der Waals surface area contributed by atoms with Crippen molar-refractivity contribution in [1.29, 1.82) is 0 Å². The van der Waals surface area contributed by atoms with Crippen molar-refractivity contribution in [2.45, 2.75) is 11.8 Å². The lowest BCUT2D eigenvalue weighted by molar-refractivity contribution is 0.0698. The van der Waals surface area contributed by atoms with Crippen LogP contribution in [0.3, 0.4) is 0 Å². The predicted molar refractivity (Wildman–Crippen MR) is 93.5 cm³/mol. The number of benzene rings is 2. The monoisotopic (exact) mass is 385 g/mol. The first-order valence-electron chi connectivity index (χ1n) is 6.98. The highest BCUT2D eigenvalue weighted by Crippen LogP contribution is 2.36. The number of aromatic carboxylic acids is 1. The first-order valence-corrected chi connectivity index (χ1v) is 8.84. The van der Waals surface area contributed by atoms with Gasteiger partial charge >= 0.3 is 5.97 Å². The Morgan fingerprint density at radius 2 is 1.76 bits per heavy atom. The Hall–Kier alpha value is -2.45. The summed E-state index contributed by atoms with van der Waals surface area (Å²) in [5.41, 5.74) is 0.265. The summed E-state index contributed by atoms with van der Waals surface area (Å²) in [5.74, 6) is -0.802. The highest BCUT2D eigenvalue weighted by molar-refractivity contribution is 7.92. The van der Waals surface area contributed by atoms with Crippen LogP contribution < -0.4 is 14.2 Å². The second-order valence-corrected chi connectivity index (χ2v) is 7.10. The minimum Gasteiger partial charge on any atom is -0.493 e. The molecule has 0 saturated heterocycles. The van der Waals surface area contributed by atoms with Crippen LogP contribution in [0.1, 0.15) is 15.9 Å². The van der Waals surface area contributed by atoms with Gasteiger partial charge in [0, 0.05) is 12.1 Å². The van der Waals surface area contributed by atoms with Crippen LogP contribution in [0.5, 0.6) is 11.5 Å². The van der Waals surface area contributed by atoms with Gasteiger partial charge in [0.25, 0.3) is 10.0 Å². The zero-order chi connectivity index (χ0) is 18.8. The number of halogens is 1. The van der Waals surface area contributed by atoms with Crippen molar-refractivity contribution < 1.29 is 27.8 Å². The summed E-state index contributed by atoms with van der Waals surface area (Å²) in [6, 6.07) is 6.96. The Kier molecular flexibility index (Phi) is 5.44. The Balaban J connectivity index is 2.57. The maximum absolute atomic E-state index is 12.7. The molecule has 2 aromatic rings. The number of carboxylic acid groups (broad SMARTS) is 1. The molecule has 2 aromatic carbocycles. The first kappa shape index (κ1) is 18.9. The lowest BCUT2D eigenvalue weighted by Gasteiger charge is -2.15. The molecule has 0 heterocycles. The number of carboxylic acids is 1. The van der Waals surface area contributed by atoms with E-state index in [1.54, 1.807) is 13.0 Å². The molecule has 0 amide bonds. The standard InChI is InChI=1S/C16H16ClNO6S/c1-9-5-4-6-10(16(19)20)15(9)18-25(21,22)14-8-13(24-3)12(23-2)7-11(14)17/h4-8,18H,1-3H3,(H,19,20). The van der Waals surface area contributed by atoms with Crippen LogP contribution in [-0.2, 0) is 10.0 Å². The largest absolute Gasteiger partial charge is 0.493 e. The summed E-state index contributed by atoms with van der Waals surface area (Å²) < 4.78 is 37.9. The minimum absolute atomic E-state index is 0.0270. The fraction of sp³-hybridized carbons (Fsp3) is 0.188. The molecule has 9 heteroatoms. The molecular weight excluding hydrogens is 370 g/mol. The first-order chi connectivity index (χ1) is 11.7. The molecule has 2 rings (SSSR count). The lowest BCUT2D eigenvalue weighted by Crippen LogP contribution is -2.17. The van der Waals surface area contributed by atoms with Crippen molar-refractivity contribution in [1.82, 2.24) is 0 Å². The van der Waals surface area contributed by atoms with Crippen LogP contribution in [0.4, 0.5) is 5.69 Å². The molecule has 0 saturated carbocycles. The molecule has 0 atom stereocenters. The van der Waals surface area contributed by atoms with E-state index in [-0.39, 0.29) is 32.7 Å². The molecule has 0 aliphatic heterocycles. The molecule has 0 spiro atoms. The number of aryl methyl sites for hydroxylation is 1. The molecule has 0 radical (unpaired) electrons. The van der Waals surface area contributed by atoms with Gasteiger partial charge in [-0.15, -0.1) is 0 Å². The van der Waals surface area contributed by atoms with Crippen LogP contribution in [0.15, 0.2) is 35.2 Å². The molecule has 0 unspecified atom stereocenters. The summed E-state index contributed by atoms with van der Waals surface area (Å²) >= 11 is 6.06. The maximum atomic E-state index is 12.7. The van der Waals surface area contributed by atoms with Gasteiger partial charge in [0.1, 0.15) is 4.90 Å². The molecule has 134 valence electrons.